The predicted octanol–water partition coefficient (Wildman–Crippen LogP) is 3.54. The van der Waals surface area contributed by atoms with Crippen LogP contribution in [-0.2, 0) is 14.8 Å². The summed E-state index contributed by atoms with van der Waals surface area (Å²) < 4.78 is 64.4. The second-order valence-corrected chi connectivity index (χ2v) is 8.29. The first-order chi connectivity index (χ1) is 14.8. The number of hydrogen-bond donors (Lipinski definition) is 2. The van der Waals surface area contributed by atoms with Crippen LogP contribution in [-0.4, -0.2) is 27.0 Å². The van der Waals surface area contributed by atoms with Gasteiger partial charge in [-0.25, -0.2) is 17.2 Å². The molecule has 1 aliphatic heterocycles. The van der Waals surface area contributed by atoms with Crippen LogP contribution < -0.4 is 19.5 Å². The zero-order chi connectivity index (χ0) is 22.0. The van der Waals surface area contributed by atoms with Crippen molar-refractivity contribution >= 4 is 27.3 Å². The highest BCUT2D eigenvalue weighted by Crippen LogP contribution is 2.31. The standard InChI is InChI=1S/C21H16F2N2O5S/c22-16-10-9-15(11-17(16)23)31(27,28)25-14-7-5-13(6-8-14)24-21(26)20-12-29-18-3-1-2-4-19(18)30-20/h1-11,20,25H,12H2,(H,24,26)/t20-/m1/s1. The van der Waals surface area contributed by atoms with Crippen LogP contribution >= 0.6 is 0 Å². The lowest BCUT2D eigenvalue weighted by Crippen LogP contribution is -2.40. The Morgan fingerprint density at radius 1 is 0.903 bits per heavy atom. The summed E-state index contributed by atoms with van der Waals surface area (Å²) in [6.07, 6.45) is -0.846. The minimum atomic E-state index is -4.11. The van der Waals surface area contributed by atoms with Crippen LogP contribution in [0.25, 0.3) is 0 Å². The molecule has 7 nitrogen and oxygen atoms in total. The minimum Gasteiger partial charge on any atom is -0.485 e. The molecule has 31 heavy (non-hydrogen) atoms. The van der Waals surface area contributed by atoms with E-state index in [2.05, 4.69) is 10.0 Å². The molecule has 0 aliphatic carbocycles. The minimum absolute atomic E-state index is 0.0506. The smallest absolute Gasteiger partial charge is 0.269 e. The van der Waals surface area contributed by atoms with Crippen molar-refractivity contribution in [2.24, 2.45) is 0 Å². The molecule has 0 aromatic heterocycles. The fourth-order valence-electron chi connectivity index (χ4n) is 2.85. The van der Waals surface area contributed by atoms with Gasteiger partial charge in [0.25, 0.3) is 15.9 Å². The summed E-state index contributed by atoms with van der Waals surface area (Å²) in [5.41, 5.74) is 0.581. The van der Waals surface area contributed by atoms with Crippen molar-refractivity contribution in [3.05, 3.63) is 78.4 Å². The number of nitrogens with one attached hydrogen (secondary N) is 2. The maximum Gasteiger partial charge on any atom is 0.269 e. The van der Waals surface area contributed by atoms with Gasteiger partial charge in [-0.05, 0) is 54.6 Å². The fourth-order valence-corrected chi connectivity index (χ4v) is 3.92. The molecule has 0 saturated carbocycles. The predicted molar refractivity (Wildman–Crippen MR) is 109 cm³/mol. The second-order valence-electron chi connectivity index (χ2n) is 6.61. The van der Waals surface area contributed by atoms with Crippen LogP contribution in [0.5, 0.6) is 11.5 Å². The van der Waals surface area contributed by atoms with Crippen molar-refractivity contribution in [1.82, 2.24) is 0 Å². The van der Waals surface area contributed by atoms with E-state index in [1.165, 1.54) is 24.3 Å². The molecule has 0 radical (unpaired) electrons. The molecule has 0 saturated heterocycles. The Kier molecular flexibility index (Phi) is 5.47. The molecule has 0 unspecified atom stereocenters. The number of carbonyl (C=O) groups excluding carboxylic acids is 1. The first kappa shape index (κ1) is 20.6. The van der Waals surface area contributed by atoms with Crippen LogP contribution in [0.15, 0.2) is 71.6 Å². The number of rotatable bonds is 5. The van der Waals surface area contributed by atoms with E-state index in [1.54, 1.807) is 24.3 Å². The van der Waals surface area contributed by atoms with Gasteiger partial charge in [-0.1, -0.05) is 12.1 Å². The molecule has 3 aromatic carbocycles. The summed E-state index contributed by atoms with van der Waals surface area (Å²) in [5.74, 6) is -1.81. The third kappa shape index (κ3) is 4.58. The van der Waals surface area contributed by atoms with Gasteiger partial charge in [-0.3, -0.25) is 9.52 Å². The van der Waals surface area contributed by atoms with E-state index in [-0.39, 0.29) is 12.3 Å². The highest BCUT2D eigenvalue weighted by Gasteiger charge is 2.27. The zero-order valence-electron chi connectivity index (χ0n) is 15.8. The van der Waals surface area contributed by atoms with E-state index < -0.39 is 38.6 Å². The molecule has 10 heteroatoms. The van der Waals surface area contributed by atoms with Crippen LogP contribution in [0.4, 0.5) is 20.2 Å². The van der Waals surface area contributed by atoms with Crippen molar-refractivity contribution in [2.75, 3.05) is 16.6 Å². The Bertz CT molecular complexity index is 1230. The molecular weight excluding hydrogens is 430 g/mol. The Morgan fingerprint density at radius 2 is 1.58 bits per heavy atom. The van der Waals surface area contributed by atoms with Crippen molar-refractivity contribution in [3.63, 3.8) is 0 Å². The summed E-state index contributed by atoms with van der Waals surface area (Å²) in [5, 5.41) is 2.67. The second kappa shape index (κ2) is 8.23. The summed E-state index contributed by atoms with van der Waals surface area (Å²) in [4.78, 5) is 12.0. The number of para-hydroxylation sites is 2. The van der Waals surface area contributed by atoms with E-state index in [4.69, 9.17) is 9.47 Å². The van der Waals surface area contributed by atoms with Gasteiger partial charge >= 0.3 is 0 Å². The third-order valence-electron chi connectivity index (χ3n) is 4.41. The van der Waals surface area contributed by atoms with Gasteiger partial charge in [0.15, 0.2) is 23.1 Å². The number of fused-ring (bicyclic) bond motifs is 1. The fraction of sp³-hybridized carbons (Fsp3) is 0.0952. The first-order valence-electron chi connectivity index (χ1n) is 9.09. The highest BCUT2D eigenvalue weighted by atomic mass is 32.2. The van der Waals surface area contributed by atoms with Gasteiger partial charge in [0.05, 0.1) is 4.90 Å². The van der Waals surface area contributed by atoms with Gasteiger partial charge in [0, 0.05) is 11.4 Å². The van der Waals surface area contributed by atoms with Crippen molar-refractivity contribution in [2.45, 2.75) is 11.0 Å². The largest absolute Gasteiger partial charge is 0.485 e. The van der Waals surface area contributed by atoms with Gasteiger partial charge < -0.3 is 14.8 Å². The maximum atomic E-state index is 13.3. The quantitative estimate of drug-likeness (QED) is 0.625. The van der Waals surface area contributed by atoms with Crippen molar-refractivity contribution < 1.29 is 31.5 Å². The lowest BCUT2D eigenvalue weighted by atomic mass is 10.2. The maximum absolute atomic E-state index is 13.3. The average Bonchev–Trinajstić information content (AvgIpc) is 2.76. The van der Waals surface area contributed by atoms with Crippen LogP contribution in [0, 0.1) is 11.6 Å². The lowest BCUT2D eigenvalue weighted by Gasteiger charge is -2.25. The monoisotopic (exact) mass is 446 g/mol. The topological polar surface area (TPSA) is 93.7 Å². The number of hydrogen-bond acceptors (Lipinski definition) is 5. The van der Waals surface area contributed by atoms with E-state index in [0.717, 1.165) is 12.1 Å². The number of benzene rings is 3. The van der Waals surface area contributed by atoms with E-state index in [9.17, 15) is 22.0 Å². The lowest BCUT2D eigenvalue weighted by molar-refractivity contribution is -0.125. The molecule has 2 N–H and O–H groups in total. The van der Waals surface area contributed by atoms with Crippen molar-refractivity contribution in [1.29, 1.82) is 0 Å². The summed E-state index contributed by atoms with van der Waals surface area (Å²) in [7, 11) is -4.11. The summed E-state index contributed by atoms with van der Waals surface area (Å²) in [6, 6.07) is 15.1. The molecular formula is C21H16F2N2O5S. The number of ether oxygens (including phenoxy) is 2. The third-order valence-corrected chi connectivity index (χ3v) is 5.79. The molecule has 0 fully saturated rings. The number of sulfonamides is 1. The van der Waals surface area contributed by atoms with E-state index in [1.807, 2.05) is 0 Å². The van der Waals surface area contributed by atoms with Gasteiger partial charge in [-0.2, -0.15) is 0 Å². The van der Waals surface area contributed by atoms with Crippen molar-refractivity contribution in [3.8, 4) is 11.5 Å². The zero-order valence-corrected chi connectivity index (χ0v) is 16.7. The number of halogens is 2. The Labute approximate surface area is 176 Å². The highest BCUT2D eigenvalue weighted by molar-refractivity contribution is 7.92. The van der Waals surface area contributed by atoms with Crippen LogP contribution in [0.2, 0.25) is 0 Å². The first-order valence-corrected chi connectivity index (χ1v) is 10.6. The molecule has 160 valence electrons. The van der Waals surface area contributed by atoms with Crippen LogP contribution in [0.3, 0.4) is 0 Å². The van der Waals surface area contributed by atoms with Gasteiger partial charge in [-0.15, -0.1) is 0 Å². The summed E-state index contributed by atoms with van der Waals surface area (Å²) >= 11 is 0. The van der Waals surface area contributed by atoms with E-state index >= 15 is 0 Å². The van der Waals surface area contributed by atoms with Gasteiger partial charge in [0.1, 0.15) is 6.61 Å². The number of amides is 1. The molecule has 1 amide bonds. The molecule has 1 heterocycles. The Balaban J connectivity index is 1.40. The Morgan fingerprint density at radius 3 is 2.29 bits per heavy atom. The molecule has 0 bridgehead atoms. The molecule has 3 aromatic rings. The molecule has 4 rings (SSSR count). The molecule has 0 spiro atoms. The normalized spacial score (nSPS) is 15.2. The number of carbonyl (C=O) groups is 1. The van der Waals surface area contributed by atoms with Gasteiger partial charge in [0.2, 0.25) is 6.10 Å². The molecule has 1 aliphatic rings. The summed E-state index contributed by atoms with van der Waals surface area (Å²) in [6.45, 7) is 0.0506. The van der Waals surface area contributed by atoms with E-state index in [0.29, 0.717) is 23.3 Å². The van der Waals surface area contributed by atoms with Crippen LogP contribution in [0.1, 0.15) is 0 Å². The Hall–Kier alpha value is -3.66. The average molecular weight is 446 g/mol. The number of anilines is 2. The molecule has 1 atom stereocenters. The SMILES string of the molecule is O=C(Nc1ccc(NS(=O)(=O)c2ccc(F)c(F)c2)cc1)[C@H]1COc2ccccc2O1.